The number of amides is 2. The minimum Gasteiger partial charge on any atom is -0.481 e. The lowest BCUT2D eigenvalue weighted by atomic mass is 9.98. The fourth-order valence-corrected chi connectivity index (χ4v) is 5.09. The highest BCUT2D eigenvalue weighted by Gasteiger charge is 2.33. The Labute approximate surface area is 198 Å². The maximum absolute atomic E-state index is 12.8. The minimum absolute atomic E-state index is 0.00452. The fraction of sp³-hybridized carbons (Fsp3) is 0.370. The topological polar surface area (TPSA) is 105 Å². The Morgan fingerprint density at radius 2 is 1.71 bits per heavy atom. The molecule has 7 heteroatoms. The lowest BCUT2D eigenvalue weighted by molar-refractivity contribution is -0.138. The molecule has 1 fully saturated rings. The number of fused-ring (bicyclic) bond motifs is 3. The van der Waals surface area contributed by atoms with Gasteiger partial charge in [0.15, 0.2) is 0 Å². The average Bonchev–Trinajstić information content (AvgIpc) is 3.38. The van der Waals surface area contributed by atoms with Crippen LogP contribution in [0.2, 0.25) is 0 Å². The number of alkyl carbamates (subject to hydrolysis) is 1. The van der Waals surface area contributed by atoms with Crippen molar-refractivity contribution < 1.29 is 24.2 Å². The highest BCUT2D eigenvalue weighted by atomic mass is 16.5. The number of nitrogens with one attached hydrogen (secondary N) is 2. The SMILES string of the molecule is C#CCC(NC(=O)OCC1c2ccccc2-c2ccccc21)C(=O)NC1CCCC1CC(=O)O. The standard InChI is InChI=1S/C27H28N2O5/c1-2-8-24(26(32)28-23-14-7-9-17(23)15-25(30)31)29-27(33)34-16-22-20-12-5-3-10-18(20)19-11-4-6-13-21(19)22/h1,3-6,10-13,17,22-24H,7-9,14-16H2,(H,28,32)(H,29,33)(H,30,31). The number of benzene rings is 2. The number of aliphatic carboxylic acids is 1. The van der Waals surface area contributed by atoms with Crippen LogP contribution < -0.4 is 10.6 Å². The summed E-state index contributed by atoms with van der Waals surface area (Å²) in [4.78, 5) is 36.5. The van der Waals surface area contributed by atoms with Crippen molar-refractivity contribution in [3.05, 3.63) is 59.7 Å². The first-order chi connectivity index (χ1) is 16.5. The summed E-state index contributed by atoms with van der Waals surface area (Å²) < 4.78 is 5.53. The van der Waals surface area contributed by atoms with Crippen LogP contribution in [-0.4, -0.2) is 41.8 Å². The molecule has 1 saturated carbocycles. The number of rotatable bonds is 8. The first kappa shape index (κ1) is 23.4. The zero-order valence-corrected chi connectivity index (χ0v) is 18.8. The molecule has 2 aromatic carbocycles. The van der Waals surface area contributed by atoms with Crippen LogP contribution in [0.25, 0.3) is 11.1 Å². The normalized spacial score (nSPS) is 19.4. The summed E-state index contributed by atoms with van der Waals surface area (Å²) >= 11 is 0. The number of ether oxygens (including phenoxy) is 1. The predicted octanol–water partition coefficient (Wildman–Crippen LogP) is 3.68. The smallest absolute Gasteiger partial charge is 0.407 e. The molecule has 7 nitrogen and oxygen atoms in total. The van der Waals surface area contributed by atoms with Gasteiger partial charge >= 0.3 is 12.1 Å². The predicted molar refractivity (Wildman–Crippen MR) is 127 cm³/mol. The molecular weight excluding hydrogens is 432 g/mol. The van der Waals surface area contributed by atoms with Crippen LogP contribution in [0, 0.1) is 18.3 Å². The molecule has 0 aromatic heterocycles. The van der Waals surface area contributed by atoms with E-state index >= 15 is 0 Å². The second kappa shape index (κ2) is 10.4. The third kappa shape index (κ3) is 5.07. The molecule has 34 heavy (non-hydrogen) atoms. The van der Waals surface area contributed by atoms with Crippen molar-refractivity contribution in [3.63, 3.8) is 0 Å². The van der Waals surface area contributed by atoms with Gasteiger partial charge in [-0.25, -0.2) is 4.79 Å². The number of carboxylic acids is 1. The Morgan fingerprint density at radius 3 is 2.32 bits per heavy atom. The molecule has 4 rings (SSSR count). The van der Waals surface area contributed by atoms with E-state index < -0.39 is 24.0 Å². The summed E-state index contributed by atoms with van der Waals surface area (Å²) in [6.07, 6.45) is 7.02. The van der Waals surface area contributed by atoms with Crippen LogP contribution in [-0.2, 0) is 14.3 Å². The summed E-state index contributed by atoms with van der Waals surface area (Å²) in [6, 6.07) is 14.9. The van der Waals surface area contributed by atoms with Gasteiger partial charge in [-0.3, -0.25) is 9.59 Å². The van der Waals surface area contributed by atoms with Gasteiger partial charge in [0.1, 0.15) is 12.6 Å². The van der Waals surface area contributed by atoms with Crippen LogP contribution in [0.15, 0.2) is 48.5 Å². The van der Waals surface area contributed by atoms with Gasteiger partial charge in [0.2, 0.25) is 5.91 Å². The Balaban J connectivity index is 1.37. The van der Waals surface area contributed by atoms with Crippen LogP contribution in [0.1, 0.15) is 49.1 Å². The highest BCUT2D eigenvalue weighted by molar-refractivity contribution is 5.86. The van der Waals surface area contributed by atoms with Gasteiger partial charge < -0.3 is 20.5 Å². The van der Waals surface area contributed by atoms with E-state index in [9.17, 15) is 14.4 Å². The van der Waals surface area contributed by atoms with Crippen molar-refractivity contribution in [1.29, 1.82) is 0 Å². The molecule has 0 bridgehead atoms. The molecule has 2 aromatic rings. The summed E-state index contributed by atoms with van der Waals surface area (Å²) in [5.41, 5.74) is 4.45. The Bertz CT molecular complexity index is 1080. The molecule has 2 aliphatic carbocycles. The Morgan fingerprint density at radius 1 is 1.06 bits per heavy atom. The third-order valence-corrected chi connectivity index (χ3v) is 6.70. The largest absolute Gasteiger partial charge is 0.481 e. The molecular formula is C27H28N2O5. The van der Waals surface area contributed by atoms with E-state index in [4.69, 9.17) is 16.3 Å². The van der Waals surface area contributed by atoms with Gasteiger partial charge in [-0.1, -0.05) is 55.0 Å². The second-order valence-corrected chi connectivity index (χ2v) is 8.83. The molecule has 0 heterocycles. The minimum atomic E-state index is -0.952. The van der Waals surface area contributed by atoms with E-state index in [2.05, 4.69) is 28.7 Å². The number of carbonyl (C=O) groups is 3. The number of terminal acetylenes is 1. The summed E-state index contributed by atoms with van der Waals surface area (Å²) in [5, 5.41) is 14.6. The summed E-state index contributed by atoms with van der Waals surface area (Å²) in [6.45, 7) is 0.133. The van der Waals surface area contributed by atoms with E-state index in [1.165, 1.54) is 0 Å². The van der Waals surface area contributed by atoms with Crippen molar-refractivity contribution in [2.45, 2.75) is 50.1 Å². The number of carbonyl (C=O) groups excluding carboxylic acids is 2. The molecule has 3 N–H and O–H groups in total. The molecule has 0 saturated heterocycles. The van der Waals surface area contributed by atoms with Gasteiger partial charge in [-0.05, 0) is 41.0 Å². The first-order valence-corrected chi connectivity index (χ1v) is 11.5. The van der Waals surface area contributed by atoms with Crippen LogP contribution in [0.3, 0.4) is 0 Å². The van der Waals surface area contributed by atoms with E-state index in [0.29, 0.717) is 6.42 Å². The molecule has 176 valence electrons. The van der Waals surface area contributed by atoms with E-state index in [1.54, 1.807) is 0 Å². The van der Waals surface area contributed by atoms with Crippen LogP contribution >= 0.6 is 0 Å². The van der Waals surface area contributed by atoms with Crippen molar-refractivity contribution in [2.24, 2.45) is 5.92 Å². The number of hydrogen-bond acceptors (Lipinski definition) is 4. The molecule has 0 radical (unpaired) electrons. The second-order valence-electron chi connectivity index (χ2n) is 8.83. The zero-order valence-electron chi connectivity index (χ0n) is 18.8. The first-order valence-electron chi connectivity index (χ1n) is 11.5. The van der Waals surface area contributed by atoms with Gasteiger partial charge in [0.05, 0.1) is 6.42 Å². The average molecular weight is 461 g/mol. The maximum Gasteiger partial charge on any atom is 0.407 e. The molecule has 3 unspecified atom stereocenters. The van der Waals surface area contributed by atoms with Gasteiger partial charge in [0, 0.05) is 18.4 Å². The molecule has 0 aliphatic heterocycles. The molecule has 2 amide bonds. The maximum atomic E-state index is 12.8. The number of carboxylic acid groups (broad SMARTS) is 1. The fourth-order valence-electron chi connectivity index (χ4n) is 5.09. The van der Waals surface area contributed by atoms with Crippen molar-refractivity contribution in [1.82, 2.24) is 10.6 Å². The molecule has 2 aliphatic rings. The van der Waals surface area contributed by atoms with E-state index in [1.807, 2.05) is 36.4 Å². The zero-order chi connectivity index (χ0) is 24.1. The highest BCUT2D eigenvalue weighted by Crippen LogP contribution is 2.44. The van der Waals surface area contributed by atoms with Gasteiger partial charge in [-0.15, -0.1) is 12.3 Å². The monoisotopic (exact) mass is 460 g/mol. The van der Waals surface area contributed by atoms with Gasteiger partial charge in [-0.2, -0.15) is 0 Å². The van der Waals surface area contributed by atoms with Crippen LogP contribution in [0.5, 0.6) is 0 Å². The molecule has 0 spiro atoms. The Hall–Kier alpha value is -3.79. The van der Waals surface area contributed by atoms with Crippen LogP contribution in [0.4, 0.5) is 4.79 Å². The van der Waals surface area contributed by atoms with Gasteiger partial charge in [0.25, 0.3) is 0 Å². The van der Waals surface area contributed by atoms with Crippen molar-refractivity contribution in [3.8, 4) is 23.5 Å². The Kier molecular flexibility index (Phi) is 7.17. The van der Waals surface area contributed by atoms with Crippen molar-refractivity contribution in [2.75, 3.05) is 6.61 Å². The lowest BCUT2D eigenvalue weighted by Gasteiger charge is -2.23. The number of hydrogen-bond donors (Lipinski definition) is 3. The molecule has 3 atom stereocenters. The van der Waals surface area contributed by atoms with Crippen molar-refractivity contribution >= 4 is 18.0 Å². The lowest BCUT2D eigenvalue weighted by Crippen LogP contribution is -2.50. The van der Waals surface area contributed by atoms with E-state index in [0.717, 1.165) is 35.1 Å². The third-order valence-electron chi connectivity index (χ3n) is 6.70. The summed E-state index contributed by atoms with van der Waals surface area (Å²) in [5.74, 6) is 0.900. The van der Waals surface area contributed by atoms with E-state index in [-0.39, 0.29) is 37.3 Å². The quantitative estimate of drug-likeness (QED) is 0.522. The summed E-state index contributed by atoms with van der Waals surface area (Å²) in [7, 11) is 0.